The number of ether oxygens (including phenoxy) is 2. The largest absolute Gasteiger partial charge is 0.454 e. The van der Waals surface area contributed by atoms with Gasteiger partial charge in [0.25, 0.3) is 0 Å². The van der Waals surface area contributed by atoms with Gasteiger partial charge in [-0.1, -0.05) is 27.6 Å². The SMILES string of the molecule is CC1C=C(CCCO)CCN1Cc1cc2c(cc1Br)OCO2. The van der Waals surface area contributed by atoms with Crippen LogP contribution >= 0.6 is 15.9 Å². The van der Waals surface area contributed by atoms with Gasteiger partial charge in [-0.3, -0.25) is 4.90 Å². The van der Waals surface area contributed by atoms with Gasteiger partial charge in [-0.05, 0) is 43.9 Å². The van der Waals surface area contributed by atoms with Gasteiger partial charge in [0.2, 0.25) is 6.79 Å². The number of hydrogen-bond acceptors (Lipinski definition) is 4. The quantitative estimate of drug-likeness (QED) is 0.809. The van der Waals surface area contributed by atoms with Crippen LogP contribution in [0.2, 0.25) is 0 Å². The van der Waals surface area contributed by atoms with Gasteiger partial charge in [-0.25, -0.2) is 0 Å². The molecule has 1 aromatic rings. The summed E-state index contributed by atoms with van der Waals surface area (Å²) in [5.74, 6) is 1.65. The average molecular weight is 368 g/mol. The van der Waals surface area contributed by atoms with Crippen LogP contribution < -0.4 is 9.47 Å². The summed E-state index contributed by atoms with van der Waals surface area (Å²) in [6.45, 7) is 4.77. The molecule has 2 aliphatic heterocycles. The molecule has 0 aliphatic carbocycles. The van der Waals surface area contributed by atoms with E-state index in [4.69, 9.17) is 14.6 Å². The van der Waals surface area contributed by atoms with Crippen LogP contribution in [0.5, 0.6) is 11.5 Å². The number of rotatable bonds is 5. The highest BCUT2D eigenvalue weighted by Gasteiger charge is 2.22. The minimum atomic E-state index is 0.277. The van der Waals surface area contributed by atoms with Crippen LogP contribution in [-0.4, -0.2) is 36.0 Å². The molecule has 0 radical (unpaired) electrons. The molecular formula is C17H22BrNO3. The summed E-state index contributed by atoms with van der Waals surface area (Å²) in [5.41, 5.74) is 2.70. The summed E-state index contributed by atoms with van der Waals surface area (Å²) < 4.78 is 11.9. The zero-order valence-corrected chi connectivity index (χ0v) is 14.4. The van der Waals surface area contributed by atoms with Crippen molar-refractivity contribution in [3.63, 3.8) is 0 Å². The second-order valence-corrected chi connectivity index (χ2v) is 6.76. The molecule has 0 saturated heterocycles. The monoisotopic (exact) mass is 367 g/mol. The van der Waals surface area contributed by atoms with E-state index in [9.17, 15) is 0 Å². The van der Waals surface area contributed by atoms with Crippen molar-refractivity contribution in [1.29, 1.82) is 0 Å². The first-order valence-corrected chi connectivity index (χ1v) is 8.59. The Labute approximate surface area is 139 Å². The van der Waals surface area contributed by atoms with Crippen LogP contribution in [0.4, 0.5) is 0 Å². The van der Waals surface area contributed by atoms with E-state index >= 15 is 0 Å². The van der Waals surface area contributed by atoms with Gasteiger partial charge in [-0.2, -0.15) is 0 Å². The number of halogens is 1. The van der Waals surface area contributed by atoms with Gasteiger partial charge in [0.1, 0.15) is 0 Å². The van der Waals surface area contributed by atoms with Crippen molar-refractivity contribution in [2.75, 3.05) is 19.9 Å². The Kier molecular flexibility index (Phi) is 5.06. The van der Waals surface area contributed by atoms with Crippen molar-refractivity contribution in [2.45, 2.75) is 38.8 Å². The van der Waals surface area contributed by atoms with E-state index in [2.05, 4.69) is 39.9 Å². The number of aliphatic hydroxyl groups is 1. The Bertz CT molecular complexity index is 573. The first kappa shape index (κ1) is 15.8. The van der Waals surface area contributed by atoms with E-state index < -0.39 is 0 Å². The van der Waals surface area contributed by atoms with Crippen molar-refractivity contribution in [3.8, 4) is 11.5 Å². The van der Waals surface area contributed by atoms with Gasteiger partial charge in [0, 0.05) is 30.2 Å². The fraction of sp³-hybridized carbons (Fsp3) is 0.529. The minimum Gasteiger partial charge on any atom is -0.454 e. The third-order valence-electron chi connectivity index (χ3n) is 4.34. The van der Waals surface area contributed by atoms with Crippen molar-refractivity contribution < 1.29 is 14.6 Å². The van der Waals surface area contributed by atoms with E-state index in [0.29, 0.717) is 12.8 Å². The van der Waals surface area contributed by atoms with E-state index in [1.54, 1.807) is 0 Å². The fourth-order valence-corrected chi connectivity index (χ4v) is 3.51. The smallest absolute Gasteiger partial charge is 0.231 e. The molecule has 5 heteroatoms. The van der Waals surface area contributed by atoms with Crippen molar-refractivity contribution in [3.05, 3.63) is 33.8 Å². The third-order valence-corrected chi connectivity index (χ3v) is 5.08. The van der Waals surface area contributed by atoms with E-state index in [1.807, 2.05) is 6.07 Å². The van der Waals surface area contributed by atoms with Gasteiger partial charge in [0.05, 0.1) is 0 Å². The molecule has 0 saturated carbocycles. The number of nitrogens with zero attached hydrogens (tertiary/aromatic N) is 1. The molecule has 1 atom stereocenters. The number of fused-ring (bicyclic) bond motifs is 1. The second kappa shape index (κ2) is 7.02. The Hall–Kier alpha value is -1.04. The predicted octanol–water partition coefficient (Wildman–Crippen LogP) is 3.47. The predicted molar refractivity (Wildman–Crippen MR) is 89.2 cm³/mol. The maximum atomic E-state index is 8.95. The highest BCUT2D eigenvalue weighted by atomic mass is 79.9. The fourth-order valence-electron chi connectivity index (χ4n) is 3.06. The lowest BCUT2D eigenvalue weighted by Crippen LogP contribution is -2.35. The first-order chi connectivity index (χ1) is 10.7. The zero-order valence-electron chi connectivity index (χ0n) is 12.8. The van der Waals surface area contributed by atoms with Crippen LogP contribution in [-0.2, 0) is 6.54 Å². The van der Waals surface area contributed by atoms with Crippen molar-refractivity contribution in [1.82, 2.24) is 4.90 Å². The van der Waals surface area contributed by atoms with Crippen molar-refractivity contribution in [2.24, 2.45) is 0 Å². The molecule has 0 bridgehead atoms. The topological polar surface area (TPSA) is 41.9 Å². The Morgan fingerprint density at radius 1 is 1.32 bits per heavy atom. The Morgan fingerprint density at radius 2 is 2.09 bits per heavy atom. The Morgan fingerprint density at radius 3 is 2.82 bits per heavy atom. The second-order valence-electron chi connectivity index (χ2n) is 5.91. The molecule has 0 amide bonds. The molecule has 1 N–H and O–H groups in total. The van der Waals surface area contributed by atoms with E-state index in [1.165, 1.54) is 11.1 Å². The lowest BCUT2D eigenvalue weighted by Gasteiger charge is -2.32. The summed E-state index contributed by atoms with van der Waals surface area (Å²) in [6, 6.07) is 4.48. The van der Waals surface area contributed by atoms with Crippen LogP contribution in [0.15, 0.2) is 28.3 Å². The number of aliphatic hydroxyl groups excluding tert-OH is 1. The van der Waals surface area contributed by atoms with Crippen molar-refractivity contribution >= 4 is 15.9 Å². The molecule has 2 aliphatic rings. The van der Waals surface area contributed by atoms with E-state index in [0.717, 1.165) is 48.3 Å². The van der Waals surface area contributed by atoms with Crippen LogP contribution in [0.1, 0.15) is 31.7 Å². The van der Waals surface area contributed by atoms with Crippen LogP contribution in [0.25, 0.3) is 0 Å². The summed E-state index contributed by atoms with van der Waals surface area (Å²) >= 11 is 3.64. The van der Waals surface area contributed by atoms with Crippen LogP contribution in [0.3, 0.4) is 0 Å². The lowest BCUT2D eigenvalue weighted by molar-refractivity contribution is 0.173. The molecule has 120 valence electrons. The first-order valence-electron chi connectivity index (χ1n) is 7.80. The maximum absolute atomic E-state index is 8.95. The molecule has 4 nitrogen and oxygen atoms in total. The molecule has 0 fully saturated rings. The lowest BCUT2D eigenvalue weighted by atomic mass is 9.98. The molecule has 0 aromatic heterocycles. The van der Waals surface area contributed by atoms with Gasteiger partial charge < -0.3 is 14.6 Å². The summed E-state index contributed by atoms with van der Waals surface area (Å²) in [7, 11) is 0. The third kappa shape index (κ3) is 3.47. The molecule has 2 heterocycles. The summed E-state index contributed by atoms with van der Waals surface area (Å²) in [6.07, 6.45) is 5.32. The van der Waals surface area contributed by atoms with Gasteiger partial charge in [-0.15, -0.1) is 0 Å². The molecule has 3 rings (SSSR count). The molecule has 1 unspecified atom stereocenters. The summed E-state index contributed by atoms with van der Waals surface area (Å²) in [4.78, 5) is 2.46. The average Bonchev–Trinajstić information content (AvgIpc) is 2.95. The zero-order chi connectivity index (χ0) is 15.5. The minimum absolute atomic E-state index is 0.277. The van der Waals surface area contributed by atoms with E-state index in [-0.39, 0.29) is 6.61 Å². The normalized spacial score (nSPS) is 21.0. The van der Waals surface area contributed by atoms with Gasteiger partial charge in [0.15, 0.2) is 11.5 Å². The molecule has 22 heavy (non-hydrogen) atoms. The highest BCUT2D eigenvalue weighted by molar-refractivity contribution is 9.10. The summed E-state index contributed by atoms with van der Waals surface area (Å²) in [5, 5.41) is 8.95. The van der Waals surface area contributed by atoms with Gasteiger partial charge >= 0.3 is 0 Å². The standard InChI is InChI=1S/C17H22BrNO3/c1-12-7-13(3-2-6-20)4-5-19(12)10-14-8-16-17(9-15(14)18)22-11-21-16/h7-9,12,20H,2-6,10-11H2,1H3. The molecule has 1 aromatic carbocycles. The number of hydrogen-bond donors (Lipinski definition) is 1. The Balaban J connectivity index is 1.68. The molecular weight excluding hydrogens is 346 g/mol. The van der Waals surface area contributed by atoms with Crippen LogP contribution in [0, 0.1) is 0 Å². The highest BCUT2D eigenvalue weighted by Crippen LogP contribution is 2.37. The maximum Gasteiger partial charge on any atom is 0.231 e. The molecule has 0 spiro atoms. The number of benzene rings is 1.